The molecular formula is C11H14BrNO2S. The number of hydrogen-bond donors (Lipinski definition) is 1. The zero-order valence-corrected chi connectivity index (χ0v) is 11.7. The van der Waals surface area contributed by atoms with Gasteiger partial charge in [0, 0.05) is 33.8 Å². The van der Waals surface area contributed by atoms with Crippen molar-refractivity contribution < 1.29 is 9.00 Å². The van der Waals surface area contributed by atoms with Crippen LogP contribution in [0.15, 0.2) is 22.7 Å². The normalized spacial score (nSPS) is 12.2. The lowest BCUT2D eigenvalue weighted by Gasteiger charge is -2.06. The molecule has 0 saturated heterocycles. The van der Waals surface area contributed by atoms with Crippen LogP contribution in [-0.4, -0.2) is 28.7 Å². The first-order valence-corrected chi connectivity index (χ1v) is 7.37. The Hall–Kier alpha value is -0.680. The van der Waals surface area contributed by atoms with Crippen LogP contribution >= 0.6 is 15.9 Å². The van der Waals surface area contributed by atoms with Gasteiger partial charge in [-0.3, -0.25) is 9.00 Å². The summed E-state index contributed by atoms with van der Waals surface area (Å²) in [6.07, 6.45) is 1.62. The van der Waals surface area contributed by atoms with E-state index in [4.69, 9.17) is 0 Å². The predicted molar refractivity (Wildman–Crippen MR) is 70.1 cm³/mol. The fraction of sp³-hybridized carbons (Fsp3) is 0.364. The second-order valence-corrected chi connectivity index (χ2v) is 5.93. The van der Waals surface area contributed by atoms with Crippen molar-refractivity contribution in [3.63, 3.8) is 0 Å². The van der Waals surface area contributed by atoms with Crippen LogP contribution in [0.3, 0.4) is 0 Å². The van der Waals surface area contributed by atoms with E-state index in [1.165, 1.54) is 0 Å². The summed E-state index contributed by atoms with van der Waals surface area (Å²) < 4.78 is 11.6. The summed E-state index contributed by atoms with van der Waals surface area (Å²) >= 11 is 3.33. The Labute approximate surface area is 106 Å². The van der Waals surface area contributed by atoms with Crippen LogP contribution in [0.2, 0.25) is 0 Å². The zero-order chi connectivity index (χ0) is 12.1. The van der Waals surface area contributed by atoms with Crippen LogP contribution in [-0.2, 0) is 10.8 Å². The molecule has 3 nitrogen and oxygen atoms in total. The van der Waals surface area contributed by atoms with Crippen LogP contribution in [0.4, 0.5) is 0 Å². The Morgan fingerprint density at radius 2 is 2.19 bits per heavy atom. The zero-order valence-electron chi connectivity index (χ0n) is 9.25. The SMILES string of the molecule is Cc1ccc(Br)c(C(=O)NCCS(C)=O)c1. The van der Waals surface area contributed by atoms with E-state index in [1.807, 2.05) is 25.1 Å². The molecule has 5 heteroatoms. The maximum absolute atomic E-state index is 11.8. The van der Waals surface area contributed by atoms with Crippen molar-refractivity contribution in [2.75, 3.05) is 18.6 Å². The van der Waals surface area contributed by atoms with E-state index in [1.54, 1.807) is 6.26 Å². The molecule has 1 atom stereocenters. The number of aryl methyl sites for hydroxylation is 1. The van der Waals surface area contributed by atoms with E-state index in [9.17, 15) is 9.00 Å². The number of benzene rings is 1. The Morgan fingerprint density at radius 3 is 2.81 bits per heavy atom. The molecule has 0 saturated carbocycles. The summed E-state index contributed by atoms with van der Waals surface area (Å²) in [5.74, 6) is 0.343. The molecule has 0 aliphatic heterocycles. The lowest BCUT2D eigenvalue weighted by molar-refractivity contribution is 0.0955. The summed E-state index contributed by atoms with van der Waals surface area (Å²) in [6.45, 7) is 2.37. The molecule has 1 N–H and O–H groups in total. The molecule has 0 spiro atoms. The molecule has 0 bridgehead atoms. The molecule has 1 rings (SSSR count). The molecule has 1 unspecified atom stereocenters. The van der Waals surface area contributed by atoms with Crippen molar-refractivity contribution >= 4 is 32.6 Å². The first-order valence-electron chi connectivity index (χ1n) is 4.85. The van der Waals surface area contributed by atoms with Gasteiger partial charge in [-0.05, 0) is 35.0 Å². The molecule has 16 heavy (non-hydrogen) atoms. The standard InChI is InChI=1S/C11H14BrNO2S/c1-8-3-4-10(12)9(7-8)11(14)13-5-6-16(2)15/h3-4,7H,5-6H2,1-2H3,(H,13,14). The quantitative estimate of drug-likeness (QED) is 0.923. The van der Waals surface area contributed by atoms with Gasteiger partial charge < -0.3 is 5.32 Å². The molecule has 0 aromatic heterocycles. The molecule has 1 amide bonds. The monoisotopic (exact) mass is 303 g/mol. The minimum atomic E-state index is -0.875. The third-order valence-corrected chi connectivity index (χ3v) is 3.51. The summed E-state index contributed by atoms with van der Waals surface area (Å²) in [4.78, 5) is 11.8. The number of nitrogens with one attached hydrogen (secondary N) is 1. The van der Waals surface area contributed by atoms with Crippen LogP contribution in [0.25, 0.3) is 0 Å². The lowest BCUT2D eigenvalue weighted by atomic mass is 10.1. The smallest absolute Gasteiger partial charge is 0.252 e. The molecular weight excluding hydrogens is 290 g/mol. The molecule has 0 heterocycles. The minimum absolute atomic E-state index is 0.138. The topological polar surface area (TPSA) is 46.2 Å². The van der Waals surface area contributed by atoms with Crippen molar-refractivity contribution in [1.29, 1.82) is 0 Å². The largest absolute Gasteiger partial charge is 0.351 e. The summed E-state index contributed by atoms with van der Waals surface area (Å²) in [5, 5.41) is 2.74. The van der Waals surface area contributed by atoms with E-state index < -0.39 is 10.8 Å². The van der Waals surface area contributed by atoms with Gasteiger partial charge in [0.05, 0.1) is 5.56 Å². The fourth-order valence-corrected chi connectivity index (χ4v) is 2.03. The number of carbonyl (C=O) groups is 1. The van der Waals surface area contributed by atoms with Crippen LogP contribution in [0.5, 0.6) is 0 Å². The van der Waals surface area contributed by atoms with Crippen LogP contribution in [0, 0.1) is 6.92 Å². The number of halogens is 1. The van der Waals surface area contributed by atoms with Crippen LogP contribution < -0.4 is 5.32 Å². The second-order valence-electron chi connectivity index (χ2n) is 3.52. The molecule has 0 aliphatic rings. The first kappa shape index (κ1) is 13.4. The van der Waals surface area contributed by atoms with Gasteiger partial charge in [-0.2, -0.15) is 0 Å². The van der Waals surface area contributed by atoms with E-state index in [0.29, 0.717) is 17.9 Å². The van der Waals surface area contributed by atoms with E-state index in [-0.39, 0.29) is 5.91 Å². The second kappa shape index (κ2) is 6.15. The molecule has 88 valence electrons. The van der Waals surface area contributed by atoms with Gasteiger partial charge in [0.15, 0.2) is 0 Å². The van der Waals surface area contributed by atoms with Crippen molar-refractivity contribution in [2.24, 2.45) is 0 Å². The molecule has 1 aromatic rings. The average Bonchev–Trinajstić information content (AvgIpc) is 2.21. The summed E-state index contributed by atoms with van der Waals surface area (Å²) in [7, 11) is -0.875. The van der Waals surface area contributed by atoms with Crippen LogP contribution in [0.1, 0.15) is 15.9 Å². The van der Waals surface area contributed by atoms with Gasteiger partial charge in [0.1, 0.15) is 0 Å². The predicted octanol–water partition coefficient (Wildman–Crippen LogP) is 1.87. The summed E-state index contributed by atoms with van der Waals surface area (Å²) in [6, 6.07) is 5.60. The molecule has 0 fully saturated rings. The van der Waals surface area contributed by atoms with Gasteiger partial charge >= 0.3 is 0 Å². The van der Waals surface area contributed by atoms with E-state index in [2.05, 4.69) is 21.2 Å². The van der Waals surface area contributed by atoms with Gasteiger partial charge in [-0.15, -0.1) is 0 Å². The van der Waals surface area contributed by atoms with Gasteiger partial charge in [0.2, 0.25) is 0 Å². The average molecular weight is 304 g/mol. The number of carbonyl (C=O) groups excluding carboxylic acids is 1. The highest BCUT2D eigenvalue weighted by atomic mass is 79.9. The van der Waals surface area contributed by atoms with E-state index in [0.717, 1.165) is 10.0 Å². The Bertz CT molecular complexity index is 420. The number of hydrogen-bond acceptors (Lipinski definition) is 2. The van der Waals surface area contributed by atoms with Crippen molar-refractivity contribution in [3.05, 3.63) is 33.8 Å². The highest BCUT2D eigenvalue weighted by Gasteiger charge is 2.09. The lowest BCUT2D eigenvalue weighted by Crippen LogP contribution is -2.27. The maximum atomic E-state index is 11.8. The van der Waals surface area contributed by atoms with E-state index >= 15 is 0 Å². The Balaban J connectivity index is 2.65. The van der Waals surface area contributed by atoms with Gasteiger partial charge in [-0.1, -0.05) is 11.6 Å². The van der Waals surface area contributed by atoms with Crippen molar-refractivity contribution in [1.82, 2.24) is 5.32 Å². The van der Waals surface area contributed by atoms with Crippen molar-refractivity contribution in [3.8, 4) is 0 Å². The first-order chi connectivity index (χ1) is 7.50. The van der Waals surface area contributed by atoms with Crippen molar-refractivity contribution in [2.45, 2.75) is 6.92 Å². The van der Waals surface area contributed by atoms with Gasteiger partial charge in [-0.25, -0.2) is 0 Å². The highest BCUT2D eigenvalue weighted by Crippen LogP contribution is 2.17. The number of amides is 1. The maximum Gasteiger partial charge on any atom is 0.252 e. The fourth-order valence-electron chi connectivity index (χ4n) is 1.22. The number of rotatable bonds is 4. The Kier molecular flexibility index (Phi) is 5.15. The summed E-state index contributed by atoms with van der Waals surface area (Å²) in [5.41, 5.74) is 1.65. The molecule has 1 aromatic carbocycles. The minimum Gasteiger partial charge on any atom is -0.351 e. The highest BCUT2D eigenvalue weighted by molar-refractivity contribution is 9.10. The Morgan fingerprint density at radius 1 is 1.50 bits per heavy atom. The molecule has 0 aliphatic carbocycles. The van der Waals surface area contributed by atoms with Gasteiger partial charge in [0.25, 0.3) is 5.91 Å². The third-order valence-electron chi connectivity index (χ3n) is 2.04. The molecule has 0 radical (unpaired) electrons. The third kappa shape index (κ3) is 4.06.